The van der Waals surface area contributed by atoms with Gasteiger partial charge < -0.3 is 0 Å². The molecule has 0 aliphatic heterocycles. The molecule has 1 aromatic rings. The zero-order valence-electron chi connectivity index (χ0n) is 5.45. The summed E-state index contributed by atoms with van der Waals surface area (Å²) >= 11 is 4.29. The number of rotatable bonds is 1. The third-order valence-electron chi connectivity index (χ3n) is 1.03. The Bertz CT molecular complexity index is 275. The molecule has 0 heterocycles. The van der Waals surface area contributed by atoms with Crippen LogP contribution in [-0.4, -0.2) is 4.45 Å². The van der Waals surface area contributed by atoms with Crippen LogP contribution in [0.2, 0.25) is 0 Å². The topological polar surface area (TPSA) is 17.1 Å². The van der Waals surface area contributed by atoms with Crippen LogP contribution in [0.1, 0.15) is 0 Å². The average molecular weight is 188 g/mol. The Hall–Kier alpha value is -0.480. The Morgan fingerprint density at radius 2 is 2.09 bits per heavy atom. The predicted octanol–water partition coefficient (Wildman–Crippen LogP) is 2.97. The van der Waals surface area contributed by atoms with Gasteiger partial charge in [0, 0.05) is 0 Å². The van der Waals surface area contributed by atoms with E-state index in [1.807, 2.05) is 0 Å². The lowest BCUT2D eigenvalue weighted by Gasteiger charge is -1.96. The first-order valence-corrected chi connectivity index (χ1v) is 4.12. The molecule has 11 heavy (non-hydrogen) atoms. The third kappa shape index (κ3) is 2.55. The van der Waals surface area contributed by atoms with Gasteiger partial charge in [0.2, 0.25) is 4.45 Å². The van der Waals surface area contributed by atoms with Crippen LogP contribution in [0.15, 0.2) is 29.2 Å². The van der Waals surface area contributed by atoms with Crippen LogP contribution in [0.25, 0.3) is 0 Å². The van der Waals surface area contributed by atoms with Gasteiger partial charge in [-0.15, -0.1) is 0 Å². The fraction of sp³-hybridized carbons (Fsp3) is 0. The van der Waals surface area contributed by atoms with Crippen LogP contribution < -0.4 is 0 Å². The minimum Gasteiger partial charge on any atom is -0.274 e. The molecule has 0 spiro atoms. The Labute approximate surface area is 73.4 Å². The highest BCUT2D eigenvalue weighted by Gasteiger charge is 2.03. The minimum absolute atomic E-state index is 0.313. The molecule has 0 bridgehead atoms. The highest BCUT2D eigenvalue weighted by molar-refractivity contribution is 8.32. The summed E-state index contributed by atoms with van der Waals surface area (Å²) in [6.07, 6.45) is 0. The first kappa shape index (κ1) is 8.62. The van der Waals surface area contributed by atoms with E-state index in [9.17, 15) is 9.18 Å². The van der Waals surface area contributed by atoms with E-state index in [4.69, 9.17) is 0 Å². The quantitative estimate of drug-likeness (QED) is 0.539. The average Bonchev–Trinajstić information content (AvgIpc) is 1.93. The zero-order valence-corrected chi connectivity index (χ0v) is 7.16. The summed E-state index contributed by atoms with van der Waals surface area (Å²) in [5.41, 5.74) is 0. The largest absolute Gasteiger partial charge is 0.274 e. The number of thioether (sulfide) groups is 1. The summed E-state index contributed by atoms with van der Waals surface area (Å²) in [7, 11) is 0. The fourth-order valence-electron chi connectivity index (χ4n) is 0.622. The number of halogens is 1. The van der Waals surface area contributed by atoms with Crippen LogP contribution in [0.3, 0.4) is 0 Å². The van der Waals surface area contributed by atoms with Gasteiger partial charge in [-0.05, 0) is 23.9 Å². The highest BCUT2D eigenvalue weighted by Crippen LogP contribution is 2.23. The molecule has 0 aliphatic carbocycles. The molecule has 0 unspecified atom stereocenters. The summed E-state index contributed by atoms with van der Waals surface area (Å²) < 4.78 is 12.3. The molecule has 1 nitrogen and oxygen atoms in total. The van der Waals surface area contributed by atoms with E-state index in [0.29, 0.717) is 4.90 Å². The molecule has 58 valence electrons. The van der Waals surface area contributed by atoms with Crippen molar-refractivity contribution in [2.75, 3.05) is 0 Å². The van der Waals surface area contributed by atoms with Crippen LogP contribution in [0.5, 0.6) is 0 Å². The van der Waals surface area contributed by atoms with E-state index in [0.717, 1.165) is 11.8 Å². The van der Waals surface area contributed by atoms with E-state index < -0.39 is 4.45 Å². The molecule has 0 aliphatic rings. The molecule has 0 amide bonds. The number of carbonyl (C=O) groups is 1. The summed E-state index contributed by atoms with van der Waals surface area (Å²) in [5.74, 6) is -0.389. The lowest BCUT2D eigenvalue weighted by Crippen LogP contribution is -1.80. The van der Waals surface area contributed by atoms with Gasteiger partial charge in [0.05, 0.1) is 4.90 Å². The SMILES string of the molecule is O=C(S)Sc1ccccc1F. The number of thiol groups is 1. The number of hydrogen-bond acceptors (Lipinski definition) is 2. The molecule has 4 heteroatoms. The van der Waals surface area contributed by atoms with Crippen LogP contribution in [-0.2, 0) is 0 Å². The highest BCUT2D eigenvalue weighted by atomic mass is 32.2. The van der Waals surface area contributed by atoms with Crippen molar-refractivity contribution in [1.29, 1.82) is 0 Å². The van der Waals surface area contributed by atoms with Gasteiger partial charge in [-0.3, -0.25) is 4.79 Å². The maximum Gasteiger partial charge on any atom is 0.247 e. The summed E-state index contributed by atoms with van der Waals surface area (Å²) in [5, 5.41) is 0. The Balaban J connectivity index is 2.86. The molecule has 0 fully saturated rings. The van der Waals surface area contributed by atoms with Gasteiger partial charge in [0.25, 0.3) is 0 Å². The van der Waals surface area contributed by atoms with Crippen LogP contribution in [0, 0.1) is 5.82 Å². The second-order valence-corrected chi connectivity index (χ2v) is 3.52. The second-order valence-electron chi connectivity index (χ2n) is 1.80. The van der Waals surface area contributed by atoms with Crippen molar-refractivity contribution < 1.29 is 9.18 Å². The molecular formula is C7H5FOS2. The van der Waals surface area contributed by atoms with Crippen molar-refractivity contribution in [1.82, 2.24) is 0 Å². The molecule has 0 atom stereocenters. The Morgan fingerprint density at radius 3 is 2.64 bits per heavy atom. The van der Waals surface area contributed by atoms with Gasteiger partial charge in [-0.25, -0.2) is 4.39 Å². The van der Waals surface area contributed by atoms with Gasteiger partial charge >= 0.3 is 0 Å². The van der Waals surface area contributed by atoms with E-state index in [-0.39, 0.29) is 5.82 Å². The smallest absolute Gasteiger partial charge is 0.247 e. The van der Waals surface area contributed by atoms with E-state index in [1.165, 1.54) is 12.1 Å². The predicted molar refractivity (Wildman–Crippen MR) is 46.6 cm³/mol. The maximum absolute atomic E-state index is 12.7. The summed E-state index contributed by atoms with van der Waals surface area (Å²) in [6.45, 7) is 0. The summed E-state index contributed by atoms with van der Waals surface area (Å²) in [4.78, 5) is 10.7. The number of carbonyl (C=O) groups excluding carboxylic acids is 1. The van der Waals surface area contributed by atoms with Gasteiger partial charge in [-0.1, -0.05) is 24.8 Å². The summed E-state index contributed by atoms with van der Waals surface area (Å²) in [6, 6.07) is 6.08. The number of hydrogen-bond donors (Lipinski definition) is 1. The lowest BCUT2D eigenvalue weighted by molar-refractivity contribution is 0.277. The fourth-order valence-corrected chi connectivity index (χ4v) is 1.42. The van der Waals surface area contributed by atoms with E-state index in [2.05, 4.69) is 12.6 Å². The Morgan fingerprint density at radius 1 is 1.45 bits per heavy atom. The molecular weight excluding hydrogens is 183 g/mol. The molecule has 0 N–H and O–H groups in total. The van der Waals surface area contributed by atoms with Crippen molar-refractivity contribution in [3.8, 4) is 0 Å². The van der Waals surface area contributed by atoms with E-state index >= 15 is 0 Å². The van der Waals surface area contributed by atoms with Crippen LogP contribution in [0.4, 0.5) is 9.18 Å². The zero-order chi connectivity index (χ0) is 8.27. The first-order valence-electron chi connectivity index (χ1n) is 2.85. The van der Waals surface area contributed by atoms with Gasteiger partial charge in [0.1, 0.15) is 5.82 Å². The molecule has 0 radical (unpaired) electrons. The lowest BCUT2D eigenvalue weighted by atomic mass is 10.4. The normalized spacial score (nSPS) is 9.64. The van der Waals surface area contributed by atoms with Crippen molar-refractivity contribution in [2.45, 2.75) is 4.90 Å². The molecule has 1 aromatic carbocycles. The second kappa shape index (κ2) is 3.78. The number of benzene rings is 1. The molecule has 1 rings (SSSR count). The standard InChI is InChI=1S/C7H5FOS2/c8-5-3-1-2-4-6(5)11-7(9)10/h1-4H,(H,9,10). The maximum atomic E-state index is 12.7. The van der Waals surface area contributed by atoms with Crippen molar-refractivity contribution in [3.63, 3.8) is 0 Å². The van der Waals surface area contributed by atoms with E-state index in [1.54, 1.807) is 12.1 Å². The molecule has 0 saturated heterocycles. The molecule has 0 aromatic heterocycles. The van der Waals surface area contributed by atoms with Gasteiger partial charge in [0.15, 0.2) is 0 Å². The monoisotopic (exact) mass is 188 g/mol. The van der Waals surface area contributed by atoms with Crippen LogP contribution >= 0.6 is 24.4 Å². The first-order chi connectivity index (χ1) is 5.20. The third-order valence-corrected chi connectivity index (χ3v) is 2.03. The van der Waals surface area contributed by atoms with Crippen molar-refractivity contribution in [2.24, 2.45) is 0 Å². The van der Waals surface area contributed by atoms with Gasteiger partial charge in [-0.2, -0.15) is 0 Å². The Kier molecular flexibility index (Phi) is 2.96. The van der Waals surface area contributed by atoms with Crippen molar-refractivity contribution >= 4 is 28.8 Å². The minimum atomic E-state index is -0.407. The molecule has 0 saturated carbocycles. The van der Waals surface area contributed by atoms with Crippen molar-refractivity contribution in [3.05, 3.63) is 30.1 Å².